The van der Waals surface area contributed by atoms with Gasteiger partial charge in [0.2, 0.25) is 0 Å². The third-order valence-corrected chi connectivity index (χ3v) is 2.44. The van der Waals surface area contributed by atoms with Crippen molar-refractivity contribution in [3.05, 3.63) is 29.3 Å². The van der Waals surface area contributed by atoms with E-state index in [4.69, 9.17) is 10.2 Å². The summed E-state index contributed by atoms with van der Waals surface area (Å²) in [4.78, 5) is 16.7. The van der Waals surface area contributed by atoms with Crippen molar-refractivity contribution in [1.82, 2.24) is 0 Å². The molecule has 0 aromatic heterocycles. The number of carboxylic acids is 2. The molecule has 0 aliphatic carbocycles. The summed E-state index contributed by atoms with van der Waals surface area (Å²) >= 11 is 1.41. The molecule has 0 radical (unpaired) electrons. The maximum atomic E-state index is 13.0. The van der Waals surface area contributed by atoms with Gasteiger partial charge in [0, 0.05) is 15.9 Å². The van der Waals surface area contributed by atoms with Crippen LogP contribution in [0.2, 0.25) is 0 Å². The molecule has 1 aromatic carbocycles. The van der Waals surface area contributed by atoms with Gasteiger partial charge in [-0.3, -0.25) is 0 Å². The van der Waals surface area contributed by atoms with E-state index in [1.54, 1.807) is 0 Å². The molecule has 0 atom stereocenters. The van der Waals surface area contributed by atoms with Gasteiger partial charge >= 0.3 is 22.9 Å². The van der Waals surface area contributed by atoms with Crippen LogP contribution in [0.1, 0.15) is 20.7 Å². The number of alkyl halides is 5. The molecule has 0 aliphatic heterocycles. The van der Waals surface area contributed by atoms with Crippen molar-refractivity contribution in [3.8, 4) is 5.75 Å². The van der Waals surface area contributed by atoms with Gasteiger partial charge in [-0.1, -0.05) is 0 Å². The van der Waals surface area contributed by atoms with Crippen molar-refractivity contribution in [1.29, 1.82) is 0 Å². The summed E-state index contributed by atoms with van der Waals surface area (Å²) in [7, 11) is 0. The van der Waals surface area contributed by atoms with Crippen LogP contribution in [0, 0.1) is 0 Å². The van der Waals surface area contributed by atoms with Crippen molar-refractivity contribution < 1.29 is 42.1 Å². The van der Waals surface area contributed by atoms with Gasteiger partial charge in [0.25, 0.3) is 0 Å². The quantitative estimate of drug-likeness (QED) is 0.622. The van der Waals surface area contributed by atoms with Crippen LogP contribution in [-0.4, -0.2) is 33.1 Å². The average molecular weight is 361 g/mol. The Morgan fingerprint density at radius 1 is 1.00 bits per heavy atom. The van der Waals surface area contributed by atoms with Gasteiger partial charge in [0.05, 0.1) is 11.1 Å². The second-order valence-electron chi connectivity index (χ2n) is 3.47. The number of carboxylic acid groups (broad SMARTS) is 2. The number of ether oxygens (including phenoxy) is 1. The number of halogens is 5. The Hall–Kier alpha value is -1.84. The third-order valence-electron chi connectivity index (χ3n) is 1.98. The fraction of sp³-hybridized carbons (Fsp3) is 0.200. The highest BCUT2D eigenvalue weighted by Gasteiger charge is 2.57. The molecule has 0 heterocycles. The third kappa shape index (κ3) is 3.59. The minimum Gasteiger partial charge on any atom is -0.478 e. The van der Waals surface area contributed by atoms with Gasteiger partial charge in [0.1, 0.15) is 5.75 Å². The molecular weight excluding hydrogens is 356 g/mol. The van der Waals surface area contributed by atoms with Crippen LogP contribution in [-0.2, 0) is 0 Å². The van der Waals surface area contributed by atoms with Crippen LogP contribution in [0.15, 0.2) is 18.2 Å². The Labute approximate surface area is 116 Å². The number of aromatic carboxylic acids is 2. The van der Waals surface area contributed by atoms with Crippen LogP contribution < -0.4 is 4.74 Å². The summed E-state index contributed by atoms with van der Waals surface area (Å²) < 4.78 is 54.7. The number of hydrogen-bond acceptors (Lipinski definition) is 3. The van der Waals surface area contributed by atoms with Gasteiger partial charge < -0.3 is 14.9 Å². The van der Waals surface area contributed by atoms with Crippen molar-refractivity contribution in [2.45, 2.75) is 10.9 Å². The van der Waals surface area contributed by atoms with Crippen LogP contribution in [0.25, 0.3) is 0 Å². The zero-order valence-corrected chi connectivity index (χ0v) is 10.8. The SMILES string of the molecule is O=C(O)c1cc(OC(F)(F)C(F)(F)Br)cc(C(=O)O)c1. The summed E-state index contributed by atoms with van der Waals surface area (Å²) in [6.45, 7) is 0. The Balaban J connectivity index is 3.25. The van der Waals surface area contributed by atoms with E-state index in [1.165, 1.54) is 15.9 Å². The van der Waals surface area contributed by atoms with E-state index in [0.29, 0.717) is 18.2 Å². The number of benzene rings is 1. The topological polar surface area (TPSA) is 83.8 Å². The summed E-state index contributed by atoms with van der Waals surface area (Å²) in [5.41, 5.74) is -1.40. The molecule has 110 valence electrons. The smallest absolute Gasteiger partial charge is 0.475 e. The first kappa shape index (κ1) is 16.2. The van der Waals surface area contributed by atoms with Gasteiger partial charge in [-0.05, 0) is 18.2 Å². The van der Waals surface area contributed by atoms with Gasteiger partial charge in [-0.2, -0.15) is 17.6 Å². The Morgan fingerprint density at radius 2 is 1.40 bits per heavy atom. The molecule has 20 heavy (non-hydrogen) atoms. The highest BCUT2D eigenvalue weighted by molar-refractivity contribution is 9.10. The molecule has 0 saturated carbocycles. The monoisotopic (exact) mass is 360 g/mol. The van der Waals surface area contributed by atoms with Gasteiger partial charge in [-0.25, -0.2) is 9.59 Å². The van der Waals surface area contributed by atoms with E-state index in [-0.39, 0.29) is 0 Å². The molecule has 10 heteroatoms. The zero-order valence-electron chi connectivity index (χ0n) is 9.24. The lowest BCUT2D eigenvalue weighted by molar-refractivity contribution is -0.266. The molecule has 5 nitrogen and oxygen atoms in total. The van der Waals surface area contributed by atoms with Crippen molar-refractivity contribution >= 4 is 27.9 Å². The minimum atomic E-state index is -5.00. The van der Waals surface area contributed by atoms with E-state index in [9.17, 15) is 27.2 Å². The Kier molecular flexibility index (Phi) is 4.27. The molecule has 0 amide bonds. The molecule has 0 fully saturated rings. The fourth-order valence-electron chi connectivity index (χ4n) is 1.11. The van der Waals surface area contributed by atoms with E-state index in [1.807, 2.05) is 0 Å². The van der Waals surface area contributed by atoms with Crippen LogP contribution in [0.4, 0.5) is 17.6 Å². The van der Waals surface area contributed by atoms with Gasteiger partial charge in [-0.15, -0.1) is 0 Å². The lowest BCUT2D eigenvalue weighted by Crippen LogP contribution is -2.40. The first-order valence-electron chi connectivity index (χ1n) is 4.69. The van der Waals surface area contributed by atoms with Crippen molar-refractivity contribution in [2.24, 2.45) is 0 Å². The van der Waals surface area contributed by atoms with E-state index < -0.39 is 39.8 Å². The second kappa shape index (κ2) is 5.27. The van der Waals surface area contributed by atoms with E-state index in [0.717, 1.165) is 0 Å². The standard InChI is InChI=1S/C10H5BrF4O5/c11-9(12,13)10(14,15)20-6-2-4(7(16)17)1-5(3-6)8(18)19/h1-3H,(H,16,17)(H,18,19). The average Bonchev–Trinajstić information content (AvgIpc) is 2.26. The molecule has 1 aromatic rings. The predicted molar refractivity (Wildman–Crippen MR) is 59.8 cm³/mol. The van der Waals surface area contributed by atoms with Crippen LogP contribution >= 0.6 is 15.9 Å². The molecule has 0 saturated heterocycles. The maximum Gasteiger partial charge on any atom is 0.475 e. The summed E-state index contributed by atoms with van der Waals surface area (Å²) in [6.07, 6.45) is -5.00. The van der Waals surface area contributed by atoms with Gasteiger partial charge in [0.15, 0.2) is 0 Å². The van der Waals surface area contributed by atoms with Crippen molar-refractivity contribution in [3.63, 3.8) is 0 Å². The van der Waals surface area contributed by atoms with Crippen LogP contribution in [0.5, 0.6) is 5.75 Å². The van der Waals surface area contributed by atoms with E-state index >= 15 is 0 Å². The lowest BCUT2D eigenvalue weighted by atomic mass is 10.1. The summed E-state index contributed by atoms with van der Waals surface area (Å²) in [5.74, 6) is -4.29. The highest BCUT2D eigenvalue weighted by atomic mass is 79.9. The zero-order chi connectivity index (χ0) is 15.7. The fourth-order valence-corrected chi connectivity index (χ4v) is 1.19. The first-order valence-corrected chi connectivity index (χ1v) is 5.48. The molecule has 2 N–H and O–H groups in total. The predicted octanol–water partition coefficient (Wildman–Crippen LogP) is 3.04. The Morgan fingerprint density at radius 3 is 1.70 bits per heavy atom. The number of carbonyl (C=O) groups is 2. The molecular formula is C10H5BrF4O5. The first-order chi connectivity index (χ1) is 8.94. The minimum absolute atomic E-state index is 0.501. The molecule has 0 aliphatic rings. The molecule has 0 spiro atoms. The normalized spacial score (nSPS) is 12.1. The lowest BCUT2D eigenvalue weighted by Gasteiger charge is -2.22. The highest BCUT2D eigenvalue weighted by Crippen LogP contribution is 2.41. The maximum absolute atomic E-state index is 13.0. The molecule has 0 unspecified atom stereocenters. The number of hydrogen-bond donors (Lipinski definition) is 2. The van der Waals surface area contributed by atoms with Crippen molar-refractivity contribution in [2.75, 3.05) is 0 Å². The largest absolute Gasteiger partial charge is 0.478 e. The summed E-state index contributed by atoms with van der Waals surface area (Å²) in [6, 6.07) is 1.67. The molecule has 1 rings (SSSR count). The summed E-state index contributed by atoms with van der Waals surface area (Å²) in [5, 5.41) is 17.4. The van der Waals surface area contributed by atoms with E-state index in [2.05, 4.69) is 4.74 Å². The van der Waals surface area contributed by atoms with Crippen LogP contribution in [0.3, 0.4) is 0 Å². The number of rotatable bonds is 5. The second-order valence-corrected chi connectivity index (χ2v) is 4.47. The molecule has 0 bridgehead atoms. The Bertz CT molecular complexity index is 523.